The zero-order chi connectivity index (χ0) is 13.2. The molecular weight excluding hydrogens is 238 g/mol. The first kappa shape index (κ1) is 12.5. The lowest BCUT2D eigenvalue weighted by Gasteiger charge is -2.19. The summed E-state index contributed by atoms with van der Waals surface area (Å²) in [5, 5.41) is 6.52. The molecule has 0 atom stereocenters. The van der Waals surface area contributed by atoms with Crippen LogP contribution in [0.1, 0.15) is 30.9 Å². The summed E-state index contributed by atoms with van der Waals surface area (Å²) in [6.07, 6.45) is 2.54. The van der Waals surface area contributed by atoms with Crippen molar-refractivity contribution in [3.8, 4) is 0 Å². The first-order valence-corrected chi connectivity index (χ1v) is 7.20. The normalized spacial score (nSPS) is 17.0. The van der Waals surface area contributed by atoms with E-state index >= 15 is 0 Å². The topological polar surface area (TPSA) is 44.4 Å². The minimum Gasteiger partial charge on any atom is -0.369 e. The predicted molar refractivity (Wildman–Crippen MR) is 77.6 cm³/mol. The number of rotatable bonds is 3. The number of hydrogen-bond donors (Lipinski definition) is 2. The Hall–Kier alpha value is -1.55. The van der Waals surface area contributed by atoms with E-state index in [9.17, 15) is 4.79 Å². The molecule has 0 unspecified atom stereocenters. The van der Waals surface area contributed by atoms with Gasteiger partial charge < -0.3 is 15.5 Å². The highest BCUT2D eigenvalue weighted by Crippen LogP contribution is 2.37. The average molecular weight is 259 g/mol. The highest BCUT2D eigenvalue weighted by atomic mass is 16.1. The maximum absolute atomic E-state index is 11.8. The molecule has 0 spiro atoms. The van der Waals surface area contributed by atoms with E-state index in [1.54, 1.807) is 0 Å². The van der Waals surface area contributed by atoms with Crippen molar-refractivity contribution in [3.63, 3.8) is 0 Å². The standard InChI is InChI=1S/C15H21N3O/c1-2-3-14(19)17-13-5-4-11-10-16-7-9-18-8-6-12(13)15(11)18/h4-5,16H,2-3,6-10H2,1H3,(H,17,19). The van der Waals surface area contributed by atoms with Crippen molar-refractivity contribution in [2.45, 2.75) is 32.7 Å². The maximum Gasteiger partial charge on any atom is 0.224 e. The van der Waals surface area contributed by atoms with E-state index < -0.39 is 0 Å². The average Bonchev–Trinajstić information content (AvgIpc) is 2.71. The number of benzene rings is 1. The number of anilines is 2. The number of amides is 1. The minimum absolute atomic E-state index is 0.129. The molecular formula is C15H21N3O. The first-order valence-electron chi connectivity index (χ1n) is 7.20. The molecule has 4 nitrogen and oxygen atoms in total. The number of hydrogen-bond acceptors (Lipinski definition) is 3. The van der Waals surface area contributed by atoms with Crippen LogP contribution < -0.4 is 15.5 Å². The maximum atomic E-state index is 11.8. The van der Waals surface area contributed by atoms with Crippen LogP contribution >= 0.6 is 0 Å². The molecule has 1 aromatic rings. The lowest BCUT2D eigenvalue weighted by atomic mass is 10.0. The van der Waals surface area contributed by atoms with Crippen molar-refractivity contribution in [2.24, 2.45) is 0 Å². The zero-order valence-corrected chi connectivity index (χ0v) is 11.5. The number of carbonyl (C=O) groups excluding carboxylic acids is 1. The van der Waals surface area contributed by atoms with Gasteiger partial charge >= 0.3 is 0 Å². The molecule has 4 heteroatoms. The predicted octanol–water partition coefficient (Wildman–Crippen LogP) is 1.89. The van der Waals surface area contributed by atoms with Crippen LogP contribution in [0, 0.1) is 0 Å². The van der Waals surface area contributed by atoms with Crippen LogP contribution in [0.4, 0.5) is 11.4 Å². The monoisotopic (exact) mass is 259 g/mol. The quantitative estimate of drug-likeness (QED) is 0.871. The van der Waals surface area contributed by atoms with E-state index in [0.29, 0.717) is 6.42 Å². The summed E-state index contributed by atoms with van der Waals surface area (Å²) < 4.78 is 0. The molecule has 2 N–H and O–H groups in total. The molecule has 0 aliphatic carbocycles. The van der Waals surface area contributed by atoms with Gasteiger partial charge in [-0.3, -0.25) is 4.79 Å². The fourth-order valence-electron chi connectivity index (χ4n) is 3.05. The largest absolute Gasteiger partial charge is 0.369 e. The van der Waals surface area contributed by atoms with Gasteiger partial charge in [-0.1, -0.05) is 13.0 Å². The second-order valence-corrected chi connectivity index (χ2v) is 5.31. The molecule has 1 amide bonds. The van der Waals surface area contributed by atoms with E-state index in [-0.39, 0.29) is 5.91 Å². The van der Waals surface area contributed by atoms with Crippen LogP contribution in [-0.4, -0.2) is 25.5 Å². The van der Waals surface area contributed by atoms with E-state index in [2.05, 4.69) is 27.7 Å². The fraction of sp³-hybridized carbons (Fsp3) is 0.533. The van der Waals surface area contributed by atoms with E-state index in [0.717, 1.165) is 44.7 Å². The van der Waals surface area contributed by atoms with Gasteiger partial charge in [-0.15, -0.1) is 0 Å². The summed E-state index contributed by atoms with van der Waals surface area (Å²) in [5.74, 6) is 0.129. The van der Waals surface area contributed by atoms with Gasteiger partial charge in [-0.05, 0) is 24.5 Å². The van der Waals surface area contributed by atoms with E-state index in [4.69, 9.17) is 0 Å². The van der Waals surface area contributed by atoms with Crippen molar-refractivity contribution in [3.05, 3.63) is 23.3 Å². The Morgan fingerprint density at radius 3 is 3.16 bits per heavy atom. The summed E-state index contributed by atoms with van der Waals surface area (Å²) in [7, 11) is 0. The Labute approximate surface area is 114 Å². The van der Waals surface area contributed by atoms with Crippen LogP contribution in [0.2, 0.25) is 0 Å². The first-order chi connectivity index (χ1) is 9.29. The molecule has 0 saturated carbocycles. The molecule has 3 rings (SSSR count). The molecule has 0 bridgehead atoms. The smallest absolute Gasteiger partial charge is 0.224 e. The molecule has 0 saturated heterocycles. The van der Waals surface area contributed by atoms with Crippen LogP contribution in [0.25, 0.3) is 0 Å². The SMILES string of the molecule is CCCC(=O)Nc1ccc2c3c1CCN3CCNC2. The fourth-order valence-corrected chi connectivity index (χ4v) is 3.05. The van der Waals surface area contributed by atoms with Crippen molar-refractivity contribution in [2.75, 3.05) is 29.9 Å². The molecule has 19 heavy (non-hydrogen) atoms. The van der Waals surface area contributed by atoms with Crippen LogP contribution in [0.3, 0.4) is 0 Å². The van der Waals surface area contributed by atoms with Crippen LogP contribution in [0.15, 0.2) is 12.1 Å². The van der Waals surface area contributed by atoms with E-state index in [1.807, 2.05) is 6.92 Å². The molecule has 0 radical (unpaired) electrons. The lowest BCUT2D eigenvalue weighted by molar-refractivity contribution is -0.116. The highest BCUT2D eigenvalue weighted by molar-refractivity contribution is 5.93. The Morgan fingerprint density at radius 2 is 2.32 bits per heavy atom. The molecule has 1 aromatic carbocycles. The Balaban J connectivity index is 1.92. The second-order valence-electron chi connectivity index (χ2n) is 5.31. The van der Waals surface area contributed by atoms with E-state index in [1.165, 1.54) is 16.8 Å². The van der Waals surface area contributed by atoms with Gasteiger partial charge in [0, 0.05) is 49.5 Å². The number of nitrogens with zero attached hydrogens (tertiary/aromatic N) is 1. The van der Waals surface area contributed by atoms with Gasteiger partial charge in [0.25, 0.3) is 0 Å². The number of carbonyl (C=O) groups is 1. The summed E-state index contributed by atoms with van der Waals surface area (Å²) in [4.78, 5) is 14.2. The van der Waals surface area contributed by atoms with Crippen LogP contribution in [0.5, 0.6) is 0 Å². The third kappa shape index (κ3) is 2.32. The summed E-state index contributed by atoms with van der Waals surface area (Å²) in [6.45, 7) is 6.13. The molecule has 0 aromatic heterocycles. The zero-order valence-electron chi connectivity index (χ0n) is 11.5. The molecule has 0 fully saturated rings. The van der Waals surface area contributed by atoms with Gasteiger partial charge in [0.1, 0.15) is 0 Å². The third-order valence-corrected chi connectivity index (χ3v) is 3.94. The van der Waals surface area contributed by atoms with Crippen molar-refractivity contribution >= 4 is 17.3 Å². The van der Waals surface area contributed by atoms with Gasteiger partial charge in [0.2, 0.25) is 5.91 Å². The summed E-state index contributed by atoms with van der Waals surface area (Å²) in [5.41, 5.74) is 5.06. The Morgan fingerprint density at radius 1 is 1.42 bits per heavy atom. The summed E-state index contributed by atoms with van der Waals surface area (Å²) in [6, 6.07) is 4.22. The number of nitrogens with one attached hydrogen (secondary N) is 2. The Bertz CT molecular complexity index is 498. The highest BCUT2D eigenvalue weighted by Gasteiger charge is 2.26. The van der Waals surface area contributed by atoms with Gasteiger partial charge in [0.05, 0.1) is 0 Å². The second kappa shape index (κ2) is 5.21. The molecule has 102 valence electrons. The van der Waals surface area contributed by atoms with Gasteiger partial charge in [-0.25, -0.2) is 0 Å². The molecule has 2 aliphatic heterocycles. The minimum atomic E-state index is 0.129. The van der Waals surface area contributed by atoms with Crippen molar-refractivity contribution in [1.29, 1.82) is 0 Å². The lowest BCUT2D eigenvalue weighted by Crippen LogP contribution is -2.27. The third-order valence-electron chi connectivity index (χ3n) is 3.94. The Kier molecular flexibility index (Phi) is 3.42. The molecule has 2 heterocycles. The van der Waals surface area contributed by atoms with Crippen LogP contribution in [-0.2, 0) is 17.8 Å². The molecule has 2 aliphatic rings. The van der Waals surface area contributed by atoms with Gasteiger partial charge in [0.15, 0.2) is 0 Å². The van der Waals surface area contributed by atoms with Crippen molar-refractivity contribution in [1.82, 2.24) is 5.32 Å². The van der Waals surface area contributed by atoms with Gasteiger partial charge in [-0.2, -0.15) is 0 Å². The summed E-state index contributed by atoms with van der Waals surface area (Å²) >= 11 is 0. The van der Waals surface area contributed by atoms with Crippen molar-refractivity contribution < 1.29 is 4.79 Å².